The molecule has 2 aromatic rings. The molecule has 1 amide bonds. The smallest absolute Gasteiger partial charge is 0.385 e. The maximum Gasteiger partial charge on any atom is 0.430 e. The predicted octanol–water partition coefficient (Wildman–Crippen LogP) is 4.70. The molecule has 3 N–H and O–H groups in total. The van der Waals surface area contributed by atoms with E-state index in [1.165, 1.54) is 0 Å². The lowest BCUT2D eigenvalue weighted by Crippen LogP contribution is -2.55. The number of hydrogen-bond acceptors (Lipinski definition) is 5. The van der Waals surface area contributed by atoms with Crippen LogP contribution in [0.2, 0.25) is 0 Å². The largest absolute Gasteiger partial charge is 0.430 e. The molecule has 43 heavy (non-hydrogen) atoms. The van der Waals surface area contributed by atoms with Crippen LogP contribution < -0.4 is 9.62 Å². The van der Waals surface area contributed by atoms with E-state index in [9.17, 15) is 62.9 Å². The molecule has 1 heterocycles. The van der Waals surface area contributed by atoms with Gasteiger partial charge < -0.3 is 15.5 Å². The van der Waals surface area contributed by atoms with Crippen molar-refractivity contribution in [3.63, 3.8) is 0 Å². The van der Waals surface area contributed by atoms with E-state index >= 15 is 0 Å². The fraction of sp³-hybridized carbons (Fsp3) is 0.500. The fourth-order valence-electron chi connectivity index (χ4n) is 5.37. The molecule has 3 atom stereocenters. The Bertz CT molecular complexity index is 1450. The van der Waals surface area contributed by atoms with Crippen LogP contribution in [0.25, 0.3) is 0 Å². The SMILES string of the molecule is O=C(C[C@@H]1CCc2cc(C(O)(C(F)(F)F)C(F)(F)F)ccc2N1S(=O)(=O)c1ccc(F)cc1)N[C@H]1CCCC(F)(F)[C@@H]1O. The summed E-state index contributed by atoms with van der Waals surface area (Å²) in [6.07, 6.45) is -16.6. The van der Waals surface area contributed by atoms with Gasteiger partial charge in [-0.3, -0.25) is 9.10 Å². The molecule has 1 aliphatic heterocycles. The second-order valence-corrected chi connectivity index (χ2v) is 12.3. The molecular weight excluding hydrogens is 623 g/mol. The van der Waals surface area contributed by atoms with Crippen LogP contribution in [0.3, 0.4) is 0 Å². The summed E-state index contributed by atoms with van der Waals surface area (Å²) in [7, 11) is -4.74. The maximum atomic E-state index is 13.9. The van der Waals surface area contributed by atoms with Gasteiger partial charge in [-0.2, -0.15) is 26.3 Å². The van der Waals surface area contributed by atoms with E-state index in [1.807, 2.05) is 0 Å². The quantitative estimate of drug-likeness (QED) is 0.394. The third-order valence-corrected chi connectivity index (χ3v) is 9.49. The summed E-state index contributed by atoms with van der Waals surface area (Å²) in [4.78, 5) is 12.4. The normalized spacial score (nSPS) is 23.0. The number of aliphatic hydroxyl groups excluding tert-OH is 1. The number of halogens is 9. The number of nitrogens with one attached hydrogen (secondary N) is 1. The van der Waals surface area contributed by atoms with Crippen LogP contribution in [-0.2, 0) is 26.8 Å². The lowest BCUT2D eigenvalue weighted by atomic mass is 9.87. The Labute approximate surface area is 239 Å². The van der Waals surface area contributed by atoms with Gasteiger partial charge in [-0.15, -0.1) is 0 Å². The highest BCUT2D eigenvalue weighted by molar-refractivity contribution is 7.92. The minimum absolute atomic E-state index is 0.00230. The Kier molecular flexibility index (Phi) is 8.51. The van der Waals surface area contributed by atoms with E-state index in [4.69, 9.17) is 0 Å². The average Bonchev–Trinajstić information content (AvgIpc) is 2.89. The Balaban J connectivity index is 1.74. The second kappa shape index (κ2) is 11.1. The van der Waals surface area contributed by atoms with E-state index in [2.05, 4.69) is 5.32 Å². The van der Waals surface area contributed by atoms with Crippen LogP contribution in [0.15, 0.2) is 47.4 Å². The molecule has 4 rings (SSSR count). The van der Waals surface area contributed by atoms with Gasteiger partial charge in [0, 0.05) is 18.4 Å². The molecule has 2 aromatic carbocycles. The zero-order valence-corrected chi connectivity index (χ0v) is 22.7. The van der Waals surface area contributed by atoms with Crippen molar-refractivity contribution >= 4 is 21.6 Å². The number of carbonyl (C=O) groups is 1. The van der Waals surface area contributed by atoms with Crippen LogP contribution >= 0.6 is 0 Å². The second-order valence-electron chi connectivity index (χ2n) is 10.5. The first-order chi connectivity index (χ1) is 19.7. The number of carbonyl (C=O) groups excluding carboxylic acids is 1. The third kappa shape index (κ3) is 6.02. The van der Waals surface area contributed by atoms with Crippen LogP contribution in [0, 0.1) is 5.82 Å². The molecule has 0 unspecified atom stereocenters. The highest BCUT2D eigenvalue weighted by Gasteiger charge is 2.71. The molecule has 1 aliphatic carbocycles. The molecule has 0 saturated heterocycles. The van der Waals surface area contributed by atoms with Crippen molar-refractivity contribution in [3.8, 4) is 0 Å². The molecule has 0 bridgehead atoms. The van der Waals surface area contributed by atoms with Crippen molar-refractivity contribution in [2.45, 2.75) is 85.5 Å². The zero-order valence-electron chi connectivity index (χ0n) is 21.9. The highest BCUT2D eigenvalue weighted by Crippen LogP contribution is 2.51. The summed E-state index contributed by atoms with van der Waals surface area (Å²) >= 11 is 0. The minimum Gasteiger partial charge on any atom is -0.385 e. The summed E-state index contributed by atoms with van der Waals surface area (Å²) < 4.78 is 150. The molecular formula is C26H25F9N2O5S. The van der Waals surface area contributed by atoms with Gasteiger partial charge in [0.1, 0.15) is 11.9 Å². The molecule has 0 aromatic heterocycles. The number of sulfonamides is 1. The first-order valence-corrected chi connectivity index (χ1v) is 14.3. The van der Waals surface area contributed by atoms with E-state index in [0.717, 1.165) is 24.3 Å². The van der Waals surface area contributed by atoms with Crippen molar-refractivity contribution in [1.82, 2.24) is 5.32 Å². The number of benzene rings is 2. The first-order valence-electron chi connectivity index (χ1n) is 12.8. The topological polar surface area (TPSA) is 107 Å². The molecule has 17 heteroatoms. The number of rotatable bonds is 6. The molecule has 1 saturated carbocycles. The Morgan fingerprint density at radius 2 is 1.60 bits per heavy atom. The van der Waals surface area contributed by atoms with Gasteiger partial charge in [-0.05, 0) is 61.6 Å². The van der Waals surface area contributed by atoms with Gasteiger partial charge in [0.2, 0.25) is 5.91 Å². The lowest BCUT2D eigenvalue weighted by molar-refractivity contribution is -0.376. The number of alkyl halides is 8. The molecule has 7 nitrogen and oxygen atoms in total. The van der Waals surface area contributed by atoms with Gasteiger partial charge >= 0.3 is 12.4 Å². The van der Waals surface area contributed by atoms with Crippen molar-refractivity contribution in [3.05, 3.63) is 59.4 Å². The number of aliphatic hydroxyl groups is 2. The summed E-state index contributed by atoms with van der Waals surface area (Å²) in [6.45, 7) is 0. The Morgan fingerprint density at radius 1 is 1.00 bits per heavy atom. The van der Waals surface area contributed by atoms with Crippen molar-refractivity contribution in [1.29, 1.82) is 0 Å². The predicted molar refractivity (Wildman–Crippen MR) is 132 cm³/mol. The fourth-order valence-corrected chi connectivity index (χ4v) is 7.09. The van der Waals surface area contributed by atoms with Gasteiger partial charge in [-0.1, -0.05) is 12.1 Å². The number of amides is 1. The highest BCUT2D eigenvalue weighted by atomic mass is 32.2. The first kappa shape index (κ1) is 32.9. The summed E-state index contributed by atoms with van der Waals surface area (Å²) in [6, 6.07) is 1.88. The van der Waals surface area contributed by atoms with E-state index in [-0.39, 0.29) is 37.3 Å². The molecule has 2 aliphatic rings. The van der Waals surface area contributed by atoms with Crippen molar-refractivity contribution in [2.75, 3.05) is 4.31 Å². The van der Waals surface area contributed by atoms with Crippen LogP contribution in [0.1, 0.15) is 43.2 Å². The van der Waals surface area contributed by atoms with Gasteiger partial charge in [0.15, 0.2) is 0 Å². The third-order valence-electron chi connectivity index (χ3n) is 7.61. The Hall–Kier alpha value is -3.05. The van der Waals surface area contributed by atoms with Crippen LogP contribution in [0.5, 0.6) is 0 Å². The number of aryl methyl sites for hydroxylation is 1. The molecule has 0 spiro atoms. The lowest BCUT2D eigenvalue weighted by Gasteiger charge is -2.39. The molecule has 238 valence electrons. The number of anilines is 1. The van der Waals surface area contributed by atoms with Crippen molar-refractivity contribution < 1.29 is 62.9 Å². The minimum atomic E-state index is -6.20. The molecule has 1 fully saturated rings. The van der Waals surface area contributed by atoms with E-state index in [1.54, 1.807) is 0 Å². The summed E-state index contributed by atoms with van der Waals surface area (Å²) in [5, 5.41) is 22.0. The van der Waals surface area contributed by atoms with Gasteiger partial charge in [0.05, 0.1) is 22.7 Å². The summed E-state index contributed by atoms with van der Waals surface area (Å²) in [5.41, 5.74) is -7.65. The molecule has 0 radical (unpaired) electrons. The number of hydrogen-bond donors (Lipinski definition) is 3. The van der Waals surface area contributed by atoms with E-state index < -0.39 is 92.8 Å². The van der Waals surface area contributed by atoms with Crippen molar-refractivity contribution in [2.24, 2.45) is 0 Å². The number of nitrogens with zero attached hydrogens (tertiary/aromatic N) is 1. The van der Waals surface area contributed by atoms with Gasteiger partial charge in [-0.25, -0.2) is 21.6 Å². The monoisotopic (exact) mass is 648 g/mol. The zero-order chi connectivity index (χ0) is 32.2. The van der Waals surface area contributed by atoms with E-state index in [0.29, 0.717) is 16.4 Å². The van der Waals surface area contributed by atoms with Crippen LogP contribution in [0.4, 0.5) is 45.2 Å². The number of fused-ring (bicyclic) bond motifs is 1. The van der Waals surface area contributed by atoms with Gasteiger partial charge in [0.25, 0.3) is 21.5 Å². The van der Waals surface area contributed by atoms with Crippen LogP contribution in [-0.4, -0.2) is 61.0 Å². The standard InChI is InChI=1S/C26H25F9N2O5S/c27-16-5-8-18(9-6-16)43(41,42)37-17(13-21(38)36-19-2-1-11-23(28,29)22(19)39)7-3-14-12-15(4-10-20(14)37)24(40,25(30,31)32)26(33,34)35/h4-6,8-10,12,17,19,22,39-40H,1-3,7,11,13H2,(H,36,38)/t17-,19-,22+/m0/s1. The average molecular weight is 649 g/mol. The maximum absolute atomic E-state index is 13.9. The summed E-state index contributed by atoms with van der Waals surface area (Å²) in [5.74, 6) is -5.25. The Morgan fingerprint density at radius 3 is 2.19 bits per heavy atom.